The highest BCUT2D eigenvalue weighted by Gasteiger charge is 2.20. The van der Waals surface area contributed by atoms with Gasteiger partial charge in [0.05, 0.1) is 11.0 Å². The molecule has 0 saturated carbocycles. The first kappa shape index (κ1) is 31.5. The van der Waals surface area contributed by atoms with Crippen molar-refractivity contribution in [3.05, 3.63) is 182 Å². The van der Waals surface area contributed by atoms with E-state index in [2.05, 4.69) is 126 Å². The average molecular weight is 731 g/mol. The summed E-state index contributed by atoms with van der Waals surface area (Å²) in [5.74, 6) is 1.71. The molecule has 0 spiro atoms. The second kappa shape index (κ2) is 12.3. The zero-order chi connectivity index (χ0) is 37.5. The quantitative estimate of drug-likeness (QED) is 0.176. The van der Waals surface area contributed by atoms with Crippen LogP contribution >= 0.6 is 0 Å². The molecule has 0 aliphatic carbocycles. The van der Waals surface area contributed by atoms with Crippen LogP contribution in [0.25, 0.3) is 117 Å². The molecule has 0 unspecified atom stereocenters. The van der Waals surface area contributed by atoms with E-state index in [1.807, 2.05) is 60.7 Å². The lowest BCUT2D eigenvalue weighted by atomic mass is 10.0. The molecule has 0 fully saturated rings. The Labute approximate surface area is 325 Å². The first-order valence-corrected chi connectivity index (χ1v) is 19.0. The Kier molecular flexibility index (Phi) is 6.83. The number of hydrogen-bond donors (Lipinski definition) is 0. The van der Waals surface area contributed by atoms with Gasteiger partial charge in [-0.05, 0) is 60.2 Å². The summed E-state index contributed by atoms with van der Waals surface area (Å²) in [6, 6.07) is 62.8. The van der Waals surface area contributed by atoms with Crippen molar-refractivity contribution >= 4 is 65.7 Å². The van der Waals surface area contributed by atoms with Crippen LogP contribution in [0.15, 0.2) is 191 Å². The Balaban J connectivity index is 1.06. The van der Waals surface area contributed by atoms with Crippen molar-refractivity contribution in [2.24, 2.45) is 0 Å². The van der Waals surface area contributed by atoms with E-state index in [1.165, 1.54) is 10.8 Å². The number of nitrogens with zero attached hydrogens (tertiary/aromatic N) is 4. The molecule has 0 aliphatic heterocycles. The number of para-hydroxylation sites is 3. The molecular weight excluding hydrogens is 701 g/mol. The van der Waals surface area contributed by atoms with E-state index in [9.17, 15) is 0 Å². The van der Waals surface area contributed by atoms with Crippen molar-refractivity contribution in [2.75, 3.05) is 0 Å². The Morgan fingerprint density at radius 2 is 0.825 bits per heavy atom. The van der Waals surface area contributed by atoms with Crippen LogP contribution in [0, 0.1) is 0 Å². The third-order valence-corrected chi connectivity index (χ3v) is 11.0. The minimum absolute atomic E-state index is 0.556. The molecule has 0 aliphatic rings. The van der Waals surface area contributed by atoms with Crippen LogP contribution in [0.5, 0.6) is 0 Å². The predicted octanol–water partition coefficient (Wildman–Crippen LogP) is 13.4. The van der Waals surface area contributed by atoms with E-state index in [-0.39, 0.29) is 0 Å². The van der Waals surface area contributed by atoms with Gasteiger partial charge in [0.25, 0.3) is 0 Å². The normalized spacial score (nSPS) is 11.9. The fourth-order valence-electron chi connectivity index (χ4n) is 8.38. The van der Waals surface area contributed by atoms with Crippen LogP contribution in [-0.4, -0.2) is 19.5 Å². The molecule has 0 radical (unpaired) electrons. The van der Waals surface area contributed by atoms with Crippen molar-refractivity contribution in [3.8, 4) is 51.0 Å². The van der Waals surface area contributed by atoms with Gasteiger partial charge in [-0.15, -0.1) is 0 Å². The number of aromatic nitrogens is 4. The van der Waals surface area contributed by atoms with Gasteiger partial charge in [0.1, 0.15) is 22.3 Å². The highest BCUT2D eigenvalue weighted by molar-refractivity contribution is 6.13. The lowest BCUT2D eigenvalue weighted by Gasteiger charge is -2.11. The first-order chi connectivity index (χ1) is 28.2. The molecule has 12 rings (SSSR count). The van der Waals surface area contributed by atoms with Gasteiger partial charge in [-0.2, -0.15) is 0 Å². The van der Waals surface area contributed by atoms with Gasteiger partial charge in [-0.1, -0.05) is 127 Å². The molecule has 266 valence electrons. The Bertz CT molecular complexity index is 3470. The molecule has 4 heterocycles. The number of benzene rings is 8. The highest BCUT2D eigenvalue weighted by atomic mass is 16.3. The van der Waals surface area contributed by atoms with Crippen LogP contribution in [-0.2, 0) is 0 Å². The van der Waals surface area contributed by atoms with Gasteiger partial charge in [-0.3, -0.25) is 0 Å². The molecule has 0 amide bonds. The van der Waals surface area contributed by atoms with Gasteiger partial charge in [0, 0.05) is 60.3 Å². The van der Waals surface area contributed by atoms with Crippen LogP contribution in [0.3, 0.4) is 0 Å². The summed E-state index contributed by atoms with van der Waals surface area (Å²) in [7, 11) is 0. The third kappa shape index (κ3) is 5.01. The summed E-state index contributed by atoms with van der Waals surface area (Å²) in [6.07, 6.45) is 0. The molecule has 6 nitrogen and oxygen atoms in total. The van der Waals surface area contributed by atoms with Crippen molar-refractivity contribution < 1.29 is 8.83 Å². The molecule has 8 aromatic carbocycles. The second-order valence-corrected chi connectivity index (χ2v) is 14.4. The van der Waals surface area contributed by atoms with E-state index in [4.69, 9.17) is 23.8 Å². The standard InChI is InChI=1S/C51H30N4O2/c1-3-13-31(14-4-1)41-29-35(55-43-20-10-7-17-36(43)37-18-8-11-21-44(37)55)30-42-40-26-24-34(28-47(40)57-48(41)42)51-53-49(32-15-5-2-6-16-32)52-50(54-51)33-23-25-39-38-19-9-12-22-45(38)56-46(39)27-33/h1-30H. The molecule has 12 aromatic rings. The topological polar surface area (TPSA) is 69.9 Å². The van der Waals surface area contributed by atoms with Crippen LogP contribution < -0.4 is 0 Å². The largest absolute Gasteiger partial charge is 0.456 e. The number of furan rings is 2. The Morgan fingerprint density at radius 3 is 1.47 bits per heavy atom. The lowest BCUT2D eigenvalue weighted by molar-refractivity contribution is 0.669. The van der Waals surface area contributed by atoms with Crippen molar-refractivity contribution in [2.45, 2.75) is 0 Å². The summed E-state index contributed by atoms with van der Waals surface area (Å²) >= 11 is 0. The van der Waals surface area contributed by atoms with Gasteiger partial charge < -0.3 is 13.4 Å². The zero-order valence-corrected chi connectivity index (χ0v) is 30.4. The monoisotopic (exact) mass is 730 g/mol. The maximum absolute atomic E-state index is 6.86. The van der Waals surface area contributed by atoms with Gasteiger partial charge in [-0.25, -0.2) is 15.0 Å². The lowest BCUT2D eigenvalue weighted by Crippen LogP contribution is -2.00. The number of hydrogen-bond acceptors (Lipinski definition) is 5. The van der Waals surface area contributed by atoms with Gasteiger partial charge in [0.15, 0.2) is 17.5 Å². The number of fused-ring (bicyclic) bond motifs is 9. The van der Waals surface area contributed by atoms with Crippen LogP contribution in [0.1, 0.15) is 0 Å². The van der Waals surface area contributed by atoms with Crippen LogP contribution in [0.2, 0.25) is 0 Å². The van der Waals surface area contributed by atoms with E-state index in [0.717, 1.165) is 88.4 Å². The van der Waals surface area contributed by atoms with Gasteiger partial charge >= 0.3 is 0 Å². The molecule has 0 saturated heterocycles. The Morgan fingerprint density at radius 1 is 0.333 bits per heavy atom. The molecule has 0 atom stereocenters. The maximum atomic E-state index is 6.86. The minimum atomic E-state index is 0.556. The van der Waals surface area contributed by atoms with Crippen LogP contribution in [0.4, 0.5) is 0 Å². The first-order valence-electron chi connectivity index (χ1n) is 19.0. The maximum Gasteiger partial charge on any atom is 0.164 e. The molecule has 0 bridgehead atoms. The Hall–Kier alpha value is -7.83. The van der Waals surface area contributed by atoms with E-state index in [1.54, 1.807) is 0 Å². The van der Waals surface area contributed by atoms with Crippen molar-refractivity contribution in [1.29, 1.82) is 0 Å². The summed E-state index contributed by atoms with van der Waals surface area (Å²) < 4.78 is 15.5. The van der Waals surface area contributed by atoms with E-state index in [0.29, 0.717) is 17.5 Å². The molecular formula is C51H30N4O2. The minimum Gasteiger partial charge on any atom is -0.456 e. The zero-order valence-electron chi connectivity index (χ0n) is 30.4. The summed E-state index contributed by atoms with van der Waals surface area (Å²) in [4.78, 5) is 15.1. The fraction of sp³-hybridized carbons (Fsp3) is 0. The average Bonchev–Trinajstić information content (AvgIpc) is 3.95. The third-order valence-electron chi connectivity index (χ3n) is 11.0. The van der Waals surface area contributed by atoms with E-state index >= 15 is 0 Å². The second-order valence-electron chi connectivity index (χ2n) is 14.4. The highest BCUT2D eigenvalue weighted by Crippen LogP contribution is 2.41. The van der Waals surface area contributed by atoms with E-state index < -0.39 is 0 Å². The van der Waals surface area contributed by atoms with Crippen molar-refractivity contribution in [1.82, 2.24) is 19.5 Å². The van der Waals surface area contributed by atoms with Crippen molar-refractivity contribution in [3.63, 3.8) is 0 Å². The summed E-state index contributed by atoms with van der Waals surface area (Å²) in [5.41, 5.74) is 11.3. The molecule has 57 heavy (non-hydrogen) atoms. The number of rotatable bonds is 5. The van der Waals surface area contributed by atoms with Gasteiger partial charge in [0.2, 0.25) is 0 Å². The predicted molar refractivity (Wildman–Crippen MR) is 230 cm³/mol. The molecule has 6 heteroatoms. The summed E-state index contributed by atoms with van der Waals surface area (Å²) in [5, 5.41) is 6.63. The smallest absolute Gasteiger partial charge is 0.164 e. The fourth-order valence-corrected chi connectivity index (χ4v) is 8.38. The SMILES string of the molecule is c1ccc(-c2nc(-c3ccc4c(c3)oc3ccccc34)nc(-c3ccc4c(c3)oc3c(-c5ccccc5)cc(-n5c6ccccc6c6ccccc65)cc34)n2)cc1. The molecule has 0 N–H and O–H groups in total. The summed E-state index contributed by atoms with van der Waals surface area (Å²) in [6.45, 7) is 0. The molecule has 4 aromatic heterocycles.